The maximum absolute atomic E-state index is 13.0. The third kappa shape index (κ3) is 3.46. The van der Waals surface area contributed by atoms with Crippen molar-refractivity contribution in [2.75, 3.05) is 13.2 Å². The van der Waals surface area contributed by atoms with E-state index < -0.39 is 0 Å². The number of ether oxygens (including phenoxy) is 2. The predicted molar refractivity (Wildman–Crippen MR) is 79.4 cm³/mol. The fourth-order valence-electron chi connectivity index (χ4n) is 2.20. The van der Waals surface area contributed by atoms with Gasteiger partial charge in [-0.05, 0) is 35.4 Å². The van der Waals surface area contributed by atoms with Crippen LogP contribution in [0.2, 0.25) is 5.02 Å². The van der Waals surface area contributed by atoms with E-state index in [0.29, 0.717) is 31.3 Å². The Morgan fingerprint density at radius 2 is 1.81 bits per heavy atom. The molecule has 0 amide bonds. The van der Waals surface area contributed by atoms with Crippen LogP contribution < -0.4 is 14.8 Å². The third-order valence-corrected chi connectivity index (χ3v) is 3.62. The van der Waals surface area contributed by atoms with Gasteiger partial charge >= 0.3 is 0 Å². The molecule has 110 valence electrons. The van der Waals surface area contributed by atoms with E-state index in [-0.39, 0.29) is 5.82 Å². The van der Waals surface area contributed by atoms with Crippen LogP contribution in [0.25, 0.3) is 0 Å². The molecular weight excluding hydrogens is 293 g/mol. The van der Waals surface area contributed by atoms with Gasteiger partial charge in [0.1, 0.15) is 19.0 Å². The second-order valence-corrected chi connectivity index (χ2v) is 5.22. The summed E-state index contributed by atoms with van der Waals surface area (Å²) in [5.74, 6) is 1.24. The monoisotopic (exact) mass is 307 g/mol. The van der Waals surface area contributed by atoms with E-state index in [0.717, 1.165) is 22.6 Å². The summed E-state index contributed by atoms with van der Waals surface area (Å²) in [6.45, 7) is 2.42. The largest absolute Gasteiger partial charge is 0.486 e. The van der Waals surface area contributed by atoms with Crippen molar-refractivity contribution in [3.63, 3.8) is 0 Å². The number of rotatable bonds is 4. The molecule has 0 unspecified atom stereocenters. The average Bonchev–Trinajstić information content (AvgIpc) is 2.49. The van der Waals surface area contributed by atoms with Crippen LogP contribution in [0.15, 0.2) is 36.4 Å². The van der Waals surface area contributed by atoms with E-state index in [1.54, 1.807) is 6.07 Å². The molecule has 5 heteroatoms. The van der Waals surface area contributed by atoms with Gasteiger partial charge in [0.2, 0.25) is 0 Å². The van der Waals surface area contributed by atoms with Crippen LogP contribution >= 0.6 is 11.6 Å². The maximum atomic E-state index is 13.0. The van der Waals surface area contributed by atoms with Crippen molar-refractivity contribution in [2.45, 2.75) is 13.1 Å². The molecule has 0 saturated carbocycles. The van der Waals surface area contributed by atoms with Gasteiger partial charge in [-0.25, -0.2) is 4.39 Å². The molecule has 1 heterocycles. The van der Waals surface area contributed by atoms with E-state index in [1.165, 1.54) is 12.1 Å². The van der Waals surface area contributed by atoms with Gasteiger partial charge in [-0.3, -0.25) is 0 Å². The molecule has 0 bridgehead atoms. The Kier molecular flexibility index (Phi) is 4.27. The van der Waals surface area contributed by atoms with Gasteiger partial charge in [-0.2, -0.15) is 0 Å². The lowest BCUT2D eigenvalue weighted by Gasteiger charge is -2.19. The van der Waals surface area contributed by atoms with Gasteiger partial charge in [-0.15, -0.1) is 0 Å². The number of fused-ring (bicyclic) bond motifs is 1. The minimum absolute atomic E-state index is 0.324. The summed E-state index contributed by atoms with van der Waals surface area (Å²) in [5, 5.41) is 3.72. The molecule has 1 aliphatic rings. The summed E-state index contributed by atoms with van der Waals surface area (Å²) in [6, 6.07) is 10.3. The zero-order valence-electron chi connectivity index (χ0n) is 11.4. The molecule has 0 aromatic heterocycles. The summed E-state index contributed by atoms with van der Waals surface area (Å²) in [7, 11) is 0. The Labute approximate surface area is 127 Å². The van der Waals surface area contributed by atoms with Gasteiger partial charge < -0.3 is 14.8 Å². The average molecular weight is 308 g/mol. The lowest BCUT2D eigenvalue weighted by Crippen LogP contribution is -2.16. The van der Waals surface area contributed by atoms with Crippen LogP contribution in [0.5, 0.6) is 11.5 Å². The normalized spacial score (nSPS) is 13.2. The summed E-state index contributed by atoms with van der Waals surface area (Å²) in [4.78, 5) is 0. The molecule has 0 radical (unpaired) electrons. The van der Waals surface area contributed by atoms with Crippen molar-refractivity contribution >= 4 is 11.6 Å². The van der Waals surface area contributed by atoms with Crippen molar-refractivity contribution in [2.24, 2.45) is 0 Å². The zero-order chi connectivity index (χ0) is 14.7. The first-order valence-electron chi connectivity index (χ1n) is 6.75. The molecule has 0 aliphatic carbocycles. The minimum Gasteiger partial charge on any atom is -0.486 e. The number of hydrogen-bond donors (Lipinski definition) is 1. The van der Waals surface area contributed by atoms with Crippen LogP contribution in [0.3, 0.4) is 0 Å². The zero-order valence-corrected chi connectivity index (χ0v) is 12.1. The van der Waals surface area contributed by atoms with Crippen molar-refractivity contribution in [3.05, 3.63) is 58.4 Å². The highest BCUT2D eigenvalue weighted by Gasteiger charge is 2.11. The van der Waals surface area contributed by atoms with Crippen LogP contribution in [0.4, 0.5) is 4.39 Å². The number of halogens is 2. The SMILES string of the molecule is Fc1ccc(CNCc2ccc3c(c2)OCCO3)c(Cl)c1. The van der Waals surface area contributed by atoms with Gasteiger partial charge in [0.05, 0.1) is 0 Å². The highest BCUT2D eigenvalue weighted by Crippen LogP contribution is 2.30. The van der Waals surface area contributed by atoms with E-state index in [1.807, 2.05) is 18.2 Å². The van der Waals surface area contributed by atoms with Crippen molar-refractivity contribution in [1.29, 1.82) is 0 Å². The van der Waals surface area contributed by atoms with Crippen molar-refractivity contribution in [3.8, 4) is 11.5 Å². The van der Waals surface area contributed by atoms with Crippen LogP contribution in [-0.4, -0.2) is 13.2 Å². The number of nitrogens with one attached hydrogen (secondary N) is 1. The smallest absolute Gasteiger partial charge is 0.161 e. The van der Waals surface area contributed by atoms with Crippen LogP contribution in [0.1, 0.15) is 11.1 Å². The standard InChI is InChI=1S/C16H15ClFNO2/c17-14-8-13(18)3-2-12(14)10-19-9-11-1-4-15-16(7-11)21-6-5-20-15/h1-4,7-8,19H,5-6,9-10H2. The topological polar surface area (TPSA) is 30.5 Å². The second kappa shape index (κ2) is 6.33. The highest BCUT2D eigenvalue weighted by atomic mass is 35.5. The fraction of sp³-hybridized carbons (Fsp3) is 0.250. The maximum Gasteiger partial charge on any atom is 0.161 e. The predicted octanol–water partition coefficient (Wildman–Crippen LogP) is 3.54. The lowest BCUT2D eigenvalue weighted by atomic mass is 10.1. The second-order valence-electron chi connectivity index (χ2n) is 4.82. The minimum atomic E-state index is -0.324. The first-order valence-corrected chi connectivity index (χ1v) is 7.13. The highest BCUT2D eigenvalue weighted by molar-refractivity contribution is 6.31. The lowest BCUT2D eigenvalue weighted by molar-refractivity contribution is 0.171. The Morgan fingerprint density at radius 3 is 2.62 bits per heavy atom. The third-order valence-electron chi connectivity index (χ3n) is 3.27. The van der Waals surface area contributed by atoms with Gasteiger partial charge in [0.25, 0.3) is 0 Å². The first kappa shape index (κ1) is 14.2. The number of benzene rings is 2. The van der Waals surface area contributed by atoms with Crippen LogP contribution in [0, 0.1) is 5.82 Å². The molecule has 1 aliphatic heterocycles. The molecule has 2 aromatic carbocycles. The molecule has 3 nitrogen and oxygen atoms in total. The quantitative estimate of drug-likeness (QED) is 0.937. The van der Waals surface area contributed by atoms with Gasteiger partial charge in [0.15, 0.2) is 11.5 Å². The number of hydrogen-bond acceptors (Lipinski definition) is 3. The molecule has 0 atom stereocenters. The molecular formula is C16H15ClFNO2. The summed E-state index contributed by atoms with van der Waals surface area (Å²) in [6.07, 6.45) is 0. The molecule has 1 N–H and O–H groups in total. The summed E-state index contributed by atoms with van der Waals surface area (Å²) < 4.78 is 24.0. The van der Waals surface area contributed by atoms with Crippen LogP contribution in [-0.2, 0) is 13.1 Å². The first-order chi connectivity index (χ1) is 10.2. The summed E-state index contributed by atoms with van der Waals surface area (Å²) >= 11 is 5.99. The Hall–Kier alpha value is -1.78. The molecule has 0 fully saturated rings. The summed E-state index contributed by atoms with van der Waals surface area (Å²) in [5.41, 5.74) is 1.97. The Bertz CT molecular complexity index is 648. The fourth-order valence-corrected chi connectivity index (χ4v) is 2.44. The molecule has 21 heavy (non-hydrogen) atoms. The molecule has 0 saturated heterocycles. The Balaban J connectivity index is 1.60. The van der Waals surface area contributed by atoms with E-state index in [2.05, 4.69) is 5.32 Å². The Morgan fingerprint density at radius 1 is 1.00 bits per heavy atom. The van der Waals surface area contributed by atoms with Gasteiger partial charge in [-0.1, -0.05) is 23.7 Å². The van der Waals surface area contributed by atoms with Crippen molar-refractivity contribution < 1.29 is 13.9 Å². The molecule has 2 aromatic rings. The van der Waals surface area contributed by atoms with Gasteiger partial charge in [0, 0.05) is 18.1 Å². The van der Waals surface area contributed by atoms with E-state index >= 15 is 0 Å². The molecule has 3 rings (SSSR count). The molecule has 0 spiro atoms. The van der Waals surface area contributed by atoms with Crippen molar-refractivity contribution in [1.82, 2.24) is 5.32 Å². The van der Waals surface area contributed by atoms with E-state index in [9.17, 15) is 4.39 Å². The van der Waals surface area contributed by atoms with E-state index in [4.69, 9.17) is 21.1 Å².